The lowest BCUT2D eigenvalue weighted by atomic mass is 10.2. The first-order valence-corrected chi connectivity index (χ1v) is 7.21. The van der Waals surface area contributed by atoms with Gasteiger partial charge < -0.3 is 10.2 Å². The molecule has 19 heavy (non-hydrogen) atoms. The Bertz CT molecular complexity index is 531. The molecule has 1 heterocycles. The van der Waals surface area contributed by atoms with Crippen LogP contribution in [0.25, 0.3) is 0 Å². The Balaban J connectivity index is 0.00000180. The van der Waals surface area contributed by atoms with Gasteiger partial charge in [0.15, 0.2) is 5.17 Å². The van der Waals surface area contributed by atoms with Gasteiger partial charge in [-0.15, -0.1) is 12.4 Å². The van der Waals surface area contributed by atoms with Crippen LogP contribution in [-0.4, -0.2) is 5.17 Å². The molecular formula is C13H14BrClN2OS. The van der Waals surface area contributed by atoms with Crippen LogP contribution in [0.2, 0.25) is 0 Å². The van der Waals surface area contributed by atoms with E-state index in [1.807, 2.05) is 24.3 Å². The van der Waals surface area contributed by atoms with Gasteiger partial charge in [0.25, 0.3) is 0 Å². The lowest BCUT2D eigenvalue weighted by Crippen LogP contribution is -2.07. The van der Waals surface area contributed by atoms with Gasteiger partial charge in [-0.2, -0.15) is 0 Å². The van der Waals surface area contributed by atoms with Crippen molar-refractivity contribution in [2.75, 3.05) is 0 Å². The predicted molar refractivity (Wildman–Crippen MR) is 86.7 cm³/mol. The van der Waals surface area contributed by atoms with Crippen LogP contribution in [0.5, 0.6) is 0 Å². The summed E-state index contributed by atoms with van der Waals surface area (Å²) in [7, 11) is 0. The summed E-state index contributed by atoms with van der Waals surface area (Å²) in [6.45, 7) is 0.490. The molecule has 0 unspecified atom stereocenters. The van der Waals surface area contributed by atoms with E-state index in [0.29, 0.717) is 11.7 Å². The fourth-order valence-corrected chi connectivity index (χ4v) is 2.48. The van der Waals surface area contributed by atoms with Gasteiger partial charge >= 0.3 is 0 Å². The first-order chi connectivity index (χ1) is 8.74. The van der Waals surface area contributed by atoms with E-state index in [1.54, 1.807) is 6.26 Å². The molecule has 0 radical (unpaired) electrons. The first-order valence-electron chi connectivity index (χ1n) is 5.43. The number of benzene rings is 1. The molecule has 0 aliphatic rings. The lowest BCUT2D eigenvalue weighted by molar-refractivity contribution is 0.513. The SMILES string of the molecule is Cl.NC(=NCc1ccco1)SCc1cccc(Br)c1. The van der Waals surface area contributed by atoms with E-state index in [4.69, 9.17) is 10.2 Å². The summed E-state index contributed by atoms with van der Waals surface area (Å²) in [5.41, 5.74) is 7.05. The van der Waals surface area contributed by atoms with E-state index in [2.05, 4.69) is 33.1 Å². The Labute approximate surface area is 131 Å². The highest BCUT2D eigenvalue weighted by molar-refractivity contribution is 9.10. The normalized spacial score (nSPS) is 11.1. The van der Waals surface area contributed by atoms with E-state index in [1.165, 1.54) is 17.3 Å². The summed E-state index contributed by atoms with van der Waals surface area (Å²) in [6, 6.07) is 11.9. The third kappa shape index (κ3) is 5.72. The zero-order chi connectivity index (χ0) is 12.8. The molecule has 3 nitrogen and oxygen atoms in total. The van der Waals surface area contributed by atoms with E-state index in [9.17, 15) is 0 Å². The molecule has 2 rings (SSSR count). The second-order valence-corrected chi connectivity index (χ2v) is 5.56. The molecule has 1 aromatic heterocycles. The van der Waals surface area contributed by atoms with Crippen molar-refractivity contribution in [3.8, 4) is 0 Å². The molecule has 0 aliphatic carbocycles. The molecule has 0 atom stereocenters. The smallest absolute Gasteiger partial charge is 0.154 e. The van der Waals surface area contributed by atoms with Gasteiger partial charge in [-0.25, -0.2) is 0 Å². The zero-order valence-electron chi connectivity index (χ0n) is 10.1. The van der Waals surface area contributed by atoms with Crippen LogP contribution in [0.4, 0.5) is 0 Å². The van der Waals surface area contributed by atoms with Crippen LogP contribution in [0.3, 0.4) is 0 Å². The number of thioether (sulfide) groups is 1. The van der Waals surface area contributed by atoms with Crippen molar-refractivity contribution in [2.45, 2.75) is 12.3 Å². The molecule has 0 saturated heterocycles. The Morgan fingerprint density at radius 1 is 1.32 bits per heavy atom. The number of halogens is 2. The van der Waals surface area contributed by atoms with Crippen molar-refractivity contribution in [3.63, 3.8) is 0 Å². The van der Waals surface area contributed by atoms with Gasteiger partial charge in [0.1, 0.15) is 5.76 Å². The molecule has 1 aromatic carbocycles. The summed E-state index contributed by atoms with van der Waals surface area (Å²) in [6.07, 6.45) is 1.63. The summed E-state index contributed by atoms with van der Waals surface area (Å²) in [4.78, 5) is 4.26. The molecule has 0 bridgehead atoms. The van der Waals surface area contributed by atoms with Gasteiger partial charge in [0.2, 0.25) is 0 Å². The Morgan fingerprint density at radius 3 is 2.84 bits per heavy atom. The van der Waals surface area contributed by atoms with Gasteiger partial charge in [0, 0.05) is 10.2 Å². The fourth-order valence-electron chi connectivity index (χ4n) is 1.39. The number of hydrogen-bond acceptors (Lipinski definition) is 3. The minimum absolute atomic E-state index is 0. The highest BCUT2D eigenvalue weighted by Gasteiger charge is 1.99. The third-order valence-corrected chi connectivity index (χ3v) is 3.64. The zero-order valence-corrected chi connectivity index (χ0v) is 13.3. The summed E-state index contributed by atoms with van der Waals surface area (Å²) in [5, 5.41) is 0.575. The van der Waals surface area contributed by atoms with Crippen LogP contribution in [0.15, 0.2) is 56.5 Å². The van der Waals surface area contributed by atoms with Crippen LogP contribution in [0.1, 0.15) is 11.3 Å². The van der Waals surface area contributed by atoms with Crippen molar-refractivity contribution in [2.24, 2.45) is 10.7 Å². The lowest BCUT2D eigenvalue weighted by Gasteiger charge is -2.02. The van der Waals surface area contributed by atoms with Crippen molar-refractivity contribution < 1.29 is 4.42 Å². The maximum absolute atomic E-state index is 5.84. The number of aliphatic imine (C=N–C) groups is 1. The highest BCUT2D eigenvalue weighted by Crippen LogP contribution is 2.17. The van der Waals surface area contributed by atoms with Gasteiger partial charge in [-0.3, -0.25) is 4.99 Å². The number of furan rings is 1. The average molecular weight is 362 g/mol. The first kappa shape index (κ1) is 16.1. The van der Waals surface area contributed by atoms with Crippen LogP contribution in [0, 0.1) is 0 Å². The number of hydrogen-bond donors (Lipinski definition) is 1. The van der Waals surface area contributed by atoms with Crippen molar-refractivity contribution in [1.82, 2.24) is 0 Å². The van der Waals surface area contributed by atoms with E-state index < -0.39 is 0 Å². The quantitative estimate of drug-likeness (QED) is 0.655. The van der Waals surface area contributed by atoms with Crippen molar-refractivity contribution >= 4 is 45.3 Å². The van der Waals surface area contributed by atoms with Crippen molar-refractivity contribution in [3.05, 3.63) is 58.5 Å². The average Bonchev–Trinajstić information content (AvgIpc) is 2.87. The minimum atomic E-state index is 0. The Morgan fingerprint density at radius 2 is 2.16 bits per heavy atom. The molecule has 0 fully saturated rings. The second-order valence-electron chi connectivity index (χ2n) is 3.65. The molecular weight excluding hydrogens is 348 g/mol. The molecule has 2 N–H and O–H groups in total. The molecule has 2 aromatic rings. The molecule has 0 amide bonds. The van der Waals surface area contributed by atoms with Crippen LogP contribution < -0.4 is 5.73 Å². The fraction of sp³-hybridized carbons (Fsp3) is 0.154. The van der Waals surface area contributed by atoms with Gasteiger partial charge in [-0.05, 0) is 29.8 Å². The standard InChI is InChI=1S/C13H13BrN2OS.ClH/c14-11-4-1-3-10(7-11)9-18-13(15)16-8-12-5-2-6-17-12;/h1-7H,8-9H2,(H2,15,16);1H. The minimum Gasteiger partial charge on any atom is -0.467 e. The summed E-state index contributed by atoms with van der Waals surface area (Å²) < 4.78 is 6.26. The number of nitrogens with zero attached hydrogens (tertiary/aromatic N) is 1. The third-order valence-electron chi connectivity index (χ3n) is 2.25. The maximum Gasteiger partial charge on any atom is 0.154 e. The van der Waals surface area contributed by atoms with Gasteiger partial charge in [-0.1, -0.05) is 39.8 Å². The second kappa shape index (κ2) is 8.30. The number of nitrogens with two attached hydrogens (primary N) is 1. The predicted octanol–water partition coefficient (Wildman–Crippen LogP) is 4.21. The largest absolute Gasteiger partial charge is 0.467 e. The van der Waals surface area contributed by atoms with Gasteiger partial charge in [0.05, 0.1) is 12.8 Å². The molecule has 0 spiro atoms. The summed E-state index contributed by atoms with van der Waals surface area (Å²) in [5.74, 6) is 1.63. The number of rotatable bonds is 4. The van der Waals surface area contributed by atoms with Crippen molar-refractivity contribution in [1.29, 1.82) is 0 Å². The van der Waals surface area contributed by atoms with E-state index in [0.717, 1.165) is 16.0 Å². The molecule has 0 saturated carbocycles. The Hall–Kier alpha value is -0.910. The Kier molecular flexibility index (Phi) is 7.05. The summed E-state index contributed by atoms with van der Waals surface area (Å²) >= 11 is 4.97. The monoisotopic (exact) mass is 360 g/mol. The topological polar surface area (TPSA) is 51.5 Å². The molecule has 0 aliphatic heterocycles. The van der Waals surface area contributed by atoms with Crippen LogP contribution in [-0.2, 0) is 12.3 Å². The molecule has 102 valence electrons. The highest BCUT2D eigenvalue weighted by atomic mass is 79.9. The molecule has 6 heteroatoms. The van der Waals surface area contributed by atoms with E-state index in [-0.39, 0.29) is 12.4 Å². The van der Waals surface area contributed by atoms with Crippen LogP contribution >= 0.6 is 40.1 Å². The maximum atomic E-state index is 5.84. The number of amidine groups is 1. The van der Waals surface area contributed by atoms with E-state index >= 15 is 0 Å².